The van der Waals surface area contributed by atoms with Gasteiger partial charge in [0.25, 0.3) is 0 Å². The van der Waals surface area contributed by atoms with Crippen molar-refractivity contribution in [3.05, 3.63) is 0 Å². The van der Waals surface area contributed by atoms with Crippen molar-refractivity contribution in [1.29, 1.82) is 0 Å². The normalized spacial score (nSPS) is 12.1. The number of hydrogen-bond acceptors (Lipinski definition) is 3. The van der Waals surface area contributed by atoms with Crippen molar-refractivity contribution in [2.45, 2.75) is 104 Å². The van der Waals surface area contributed by atoms with Gasteiger partial charge in [-0.15, -0.1) is 0 Å². The highest BCUT2D eigenvalue weighted by atomic mass is 31.1. The molecule has 0 aliphatic rings. The molecular weight excluding hydrogens is 335 g/mol. The molecule has 0 aliphatic carbocycles. The van der Waals surface area contributed by atoms with Crippen LogP contribution in [0, 0.1) is 5.92 Å². The molecule has 0 saturated carbocycles. The molecule has 0 saturated heterocycles. The van der Waals surface area contributed by atoms with Gasteiger partial charge in [-0.25, -0.2) is 4.57 Å². The van der Waals surface area contributed by atoms with Crippen molar-refractivity contribution in [3.8, 4) is 0 Å². The average molecular weight is 378 g/mol. The highest BCUT2D eigenvalue weighted by molar-refractivity contribution is 7.32. The van der Waals surface area contributed by atoms with Crippen LogP contribution >= 0.6 is 8.25 Å². The molecule has 151 valence electrons. The van der Waals surface area contributed by atoms with Crippen molar-refractivity contribution >= 4 is 8.25 Å². The lowest BCUT2D eigenvalue weighted by molar-refractivity contribution is 0.115. The lowest BCUT2D eigenvalue weighted by Gasteiger charge is -2.05. The zero-order chi connectivity index (χ0) is 18.6. The molecule has 0 aromatic carbocycles. The van der Waals surface area contributed by atoms with Gasteiger partial charge >= 0.3 is 8.25 Å². The molecule has 0 aliphatic heterocycles. The molecule has 1 unspecified atom stereocenters. The predicted molar refractivity (Wildman–Crippen MR) is 106 cm³/mol. The van der Waals surface area contributed by atoms with Gasteiger partial charge in [-0.2, -0.15) is 0 Å². The topological polar surface area (TPSA) is 55.8 Å². The maximum absolute atomic E-state index is 10.3. The Hall–Kier alpha value is -0.0200. The fourth-order valence-corrected chi connectivity index (χ4v) is 3.22. The molecule has 0 amide bonds. The van der Waals surface area contributed by atoms with Gasteiger partial charge in [0, 0.05) is 13.2 Å². The maximum atomic E-state index is 10.3. The number of unbranched alkanes of at least 4 members (excludes halogenated alkanes) is 11. The molecule has 1 atom stereocenters. The summed E-state index contributed by atoms with van der Waals surface area (Å²) in [6.07, 6.45) is 18.4. The van der Waals surface area contributed by atoms with Crippen LogP contribution in [0.15, 0.2) is 0 Å². The Kier molecular flexibility index (Phi) is 20.3. The summed E-state index contributed by atoms with van der Waals surface area (Å²) in [4.78, 5) is 8.45. The predicted octanol–water partition coefficient (Wildman–Crippen LogP) is 6.79. The summed E-state index contributed by atoms with van der Waals surface area (Å²) in [7, 11) is -2.45. The minimum absolute atomic E-state index is 0.295. The Morgan fingerprint density at radius 2 is 1.12 bits per heavy atom. The van der Waals surface area contributed by atoms with Crippen LogP contribution in [-0.4, -0.2) is 24.7 Å². The summed E-state index contributed by atoms with van der Waals surface area (Å²) < 4.78 is 20.3. The SMILES string of the molecule is CC(C)CCCCCCCCCCCCCCOCCCO[P](=O)O. The standard InChI is InChI=1S/C20H42O4P/c1-20(2)16-13-11-9-7-5-3-4-6-8-10-12-14-17-23-18-15-19-24-25(21)22/h20H,3-19H2,1-2H3,(H,21,22). The highest BCUT2D eigenvalue weighted by Crippen LogP contribution is 2.15. The lowest BCUT2D eigenvalue weighted by Crippen LogP contribution is -2.00. The Morgan fingerprint density at radius 1 is 0.680 bits per heavy atom. The average Bonchev–Trinajstić information content (AvgIpc) is 2.56. The molecule has 0 fully saturated rings. The fourth-order valence-electron chi connectivity index (χ4n) is 2.93. The third kappa shape index (κ3) is 24.0. The second-order valence-corrected chi connectivity index (χ2v) is 8.20. The van der Waals surface area contributed by atoms with Crippen molar-refractivity contribution in [2.24, 2.45) is 5.92 Å². The van der Waals surface area contributed by atoms with E-state index in [1.807, 2.05) is 0 Å². The van der Waals surface area contributed by atoms with Crippen LogP contribution < -0.4 is 0 Å². The Morgan fingerprint density at radius 3 is 1.60 bits per heavy atom. The summed E-state index contributed by atoms with van der Waals surface area (Å²) in [5.74, 6) is 0.867. The molecule has 0 rings (SSSR count). The van der Waals surface area contributed by atoms with E-state index in [2.05, 4.69) is 18.4 Å². The van der Waals surface area contributed by atoms with E-state index in [-0.39, 0.29) is 0 Å². The molecule has 0 spiro atoms. The van der Waals surface area contributed by atoms with Crippen LogP contribution in [0.3, 0.4) is 0 Å². The molecule has 25 heavy (non-hydrogen) atoms. The molecule has 4 nitrogen and oxygen atoms in total. The van der Waals surface area contributed by atoms with Gasteiger partial charge in [-0.3, -0.25) is 9.42 Å². The van der Waals surface area contributed by atoms with E-state index in [1.54, 1.807) is 0 Å². The molecule has 1 N–H and O–H groups in total. The first kappa shape index (κ1) is 25.0. The Bertz CT molecular complexity index is 285. The summed E-state index contributed by atoms with van der Waals surface area (Å²) in [5.41, 5.74) is 0. The Balaban J connectivity index is 2.99. The first-order valence-corrected chi connectivity index (χ1v) is 11.6. The van der Waals surface area contributed by atoms with E-state index < -0.39 is 8.25 Å². The number of rotatable bonds is 20. The zero-order valence-electron chi connectivity index (χ0n) is 16.7. The van der Waals surface area contributed by atoms with Crippen molar-refractivity contribution in [2.75, 3.05) is 19.8 Å². The van der Waals surface area contributed by atoms with Crippen LogP contribution in [0.4, 0.5) is 0 Å². The summed E-state index contributed by atoms with van der Waals surface area (Å²) in [6, 6.07) is 0. The minimum atomic E-state index is -2.45. The largest absolute Gasteiger partial charge is 0.381 e. The number of hydrogen-bond donors (Lipinski definition) is 1. The van der Waals surface area contributed by atoms with Gasteiger partial charge < -0.3 is 4.74 Å². The second-order valence-electron chi connectivity index (χ2n) is 7.46. The molecule has 0 aromatic rings. The minimum Gasteiger partial charge on any atom is -0.381 e. The lowest BCUT2D eigenvalue weighted by atomic mass is 10.0. The molecule has 0 aromatic heterocycles. The third-order valence-corrected chi connectivity index (χ3v) is 4.86. The van der Waals surface area contributed by atoms with Gasteiger partial charge in [0.1, 0.15) is 0 Å². The van der Waals surface area contributed by atoms with E-state index in [0.717, 1.165) is 18.9 Å². The molecule has 0 heterocycles. The molecule has 1 radical (unpaired) electrons. The summed E-state index contributed by atoms with van der Waals surface area (Å²) in [6.45, 7) is 6.33. The smallest absolute Gasteiger partial charge is 0.366 e. The van der Waals surface area contributed by atoms with Crippen molar-refractivity contribution in [3.63, 3.8) is 0 Å². The van der Waals surface area contributed by atoms with Gasteiger partial charge in [-0.1, -0.05) is 90.9 Å². The first-order chi connectivity index (χ1) is 12.1. The van der Waals surface area contributed by atoms with Gasteiger partial charge in [0.15, 0.2) is 0 Å². The Labute approximate surface area is 157 Å². The highest BCUT2D eigenvalue weighted by Gasteiger charge is 1.97. The first-order valence-electron chi connectivity index (χ1n) is 10.5. The van der Waals surface area contributed by atoms with Crippen LogP contribution in [0.5, 0.6) is 0 Å². The zero-order valence-corrected chi connectivity index (χ0v) is 17.6. The second kappa shape index (κ2) is 20.3. The summed E-state index contributed by atoms with van der Waals surface area (Å²) in [5, 5.41) is 0. The van der Waals surface area contributed by atoms with E-state index in [0.29, 0.717) is 19.6 Å². The summed E-state index contributed by atoms with van der Waals surface area (Å²) >= 11 is 0. The van der Waals surface area contributed by atoms with Crippen molar-refractivity contribution in [1.82, 2.24) is 0 Å². The van der Waals surface area contributed by atoms with Crippen LogP contribution in [0.25, 0.3) is 0 Å². The van der Waals surface area contributed by atoms with Crippen LogP contribution in [0.1, 0.15) is 104 Å². The van der Waals surface area contributed by atoms with Crippen molar-refractivity contribution < 1.29 is 18.7 Å². The fraction of sp³-hybridized carbons (Fsp3) is 1.00. The van der Waals surface area contributed by atoms with E-state index in [9.17, 15) is 4.57 Å². The van der Waals surface area contributed by atoms with Gasteiger partial charge in [0.05, 0.1) is 6.61 Å². The third-order valence-electron chi connectivity index (χ3n) is 4.45. The van der Waals surface area contributed by atoms with E-state index in [4.69, 9.17) is 9.63 Å². The quantitative estimate of drug-likeness (QED) is 0.187. The van der Waals surface area contributed by atoms with E-state index in [1.165, 1.54) is 77.0 Å². The monoisotopic (exact) mass is 377 g/mol. The maximum Gasteiger partial charge on any atom is 0.366 e. The number of ether oxygens (including phenoxy) is 1. The van der Waals surface area contributed by atoms with Crippen LogP contribution in [0.2, 0.25) is 0 Å². The van der Waals surface area contributed by atoms with Crippen LogP contribution in [-0.2, 0) is 13.8 Å². The van der Waals surface area contributed by atoms with Gasteiger partial charge in [0.2, 0.25) is 0 Å². The van der Waals surface area contributed by atoms with Gasteiger partial charge in [-0.05, 0) is 18.8 Å². The molecule has 0 bridgehead atoms. The van der Waals surface area contributed by atoms with E-state index >= 15 is 0 Å². The molecule has 5 heteroatoms. The molecular formula is C20H42O4P.